The van der Waals surface area contributed by atoms with Crippen LogP contribution in [-0.4, -0.2) is 63.7 Å². The molecule has 3 N–H and O–H groups in total. The summed E-state index contributed by atoms with van der Waals surface area (Å²) >= 11 is 0. The largest absolute Gasteiger partial charge is 0.386 e. The van der Waals surface area contributed by atoms with E-state index in [0.29, 0.717) is 35.5 Å². The van der Waals surface area contributed by atoms with E-state index in [4.69, 9.17) is 5.73 Å². The van der Waals surface area contributed by atoms with Crippen LogP contribution in [0, 0.1) is 0 Å². The van der Waals surface area contributed by atoms with Crippen molar-refractivity contribution in [2.75, 3.05) is 18.8 Å². The fourth-order valence-electron chi connectivity index (χ4n) is 4.63. The number of hydrogen-bond donors (Lipinski definition) is 2. The maximum atomic E-state index is 13.2. The Hall–Kier alpha value is -3.53. The molecule has 0 radical (unpaired) electrons. The van der Waals surface area contributed by atoms with Gasteiger partial charge in [-0.25, -0.2) is 19.9 Å². The van der Waals surface area contributed by atoms with Gasteiger partial charge in [0.15, 0.2) is 11.5 Å². The molecule has 4 aromatic rings. The molecule has 3 aromatic heterocycles. The van der Waals surface area contributed by atoms with E-state index in [2.05, 4.69) is 38.4 Å². The average Bonchev–Trinajstić information content (AvgIpc) is 3.37. The zero-order valence-corrected chi connectivity index (χ0v) is 18.3. The Labute approximate surface area is 184 Å². The first-order valence-electron chi connectivity index (χ1n) is 10.7. The number of β-amino-alcohol motifs (C(OH)–C–C–N with tert-alkyl or cyclic N) is 1. The van der Waals surface area contributed by atoms with Crippen LogP contribution in [-0.2, 0) is 0 Å². The van der Waals surface area contributed by atoms with Crippen molar-refractivity contribution in [3.8, 4) is 0 Å². The van der Waals surface area contributed by atoms with Gasteiger partial charge in [0.2, 0.25) is 0 Å². The van der Waals surface area contributed by atoms with Crippen LogP contribution in [0.2, 0.25) is 0 Å². The number of fused-ring (bicyclic) bond motifs is 2. The summed E-state index contributed by atoms with van der Waals surface area (Å²) in [5.74, 6) is 0.183. The van der Waals surface area contributed by atoms with Crippen LogP contribution in [0.3, 0.4) is 0 Å². The van der Waals surface area contributed by atoms with Crippen molar-refractivity contribution in [2.24, 2.45) is 0 Å². The molecule has 0 bridgehead atoms. The maximum absolute atomic E-state index is 13.2. The second-order valence-electron chi connectivity index (χ2n) is 8.92. The molecule has 32 heavy (non-hydrogen) atoms. The lowest BCUT2D eigenvalue weighted by Gasteiger charge is -2.43. The van der Waals surface area contributed by atoms with Gasteiger partial charge in [-0.2, -0.15) is 0 Å². The van der Waals surface area contributed by atoms with Gasteiger partial charge in [0.1, 0.15) is 17.4 Å². The average molecular weight is 435 g/mol. The summed E-state index contributed by atoms with van der Waals surface area (Å²) in [4.78, 5) is 32.0. The molecular weight excluding hydrogens is 408 g/mol. The number of nitrogen functional groups attached to an aromatic ring is 1. The number of benzene rings is 1. The molecule has 0 unspecified atom stereocenters. The van der Waals surface area contributed by atoms with Crippen LogP contribution in [0.15, 0.2) is 37.2 Å². The van der Waals surface area contributed by atoms with Crippen LogP contribution in [0.5, 0.6) is 0 Å². The summed E-state index contributed by atoms with van der Waals surface area (Å²) < 4.78 is 3.91. The number of rotatable bonds is 3. The number of aliphatic hydroxyl groups is 1. The zero-order chi connectivity index (χ0) is 22.6. The third-order valence-corrected chi connectivity index (χ3v) is 6.29. The number of hydrogen-bond acceptors (Lipinski definition) is 7. The van der Waals surface area contributed by atoms with Crippen molar-refractivity contribution in [3.63, 3.8) is 0 Å². The Morgan fingerprint density at radius 2 is 2.03 bits per heavy atom. The Morgan fingerprint density at radius 3 is 2.78 bits per heavy atom. The molecule has 1 aliphatic rings. The highest BCUT2D eigenvalue weighted by molar-refractivity contribution is 5.97. The molecule has 0 saturated carbocycles. The number of carbonyl (C=O) groups is 1. The van der Waals surface area contributed by atoms with Gasteiger partial charge in [0.25, 0.3) is 5.91 Å². The number of carbonyl (C=O) groups excluding carboxylic acids is 1. The number of imidazole rings is 2. The Morgan fingerprint density at radius 1 is 1.22 bits per heavy atom. The standard InChI is InChI=1S/C22H26N8O2/c1-13(2)29-11-26-15-8-14(4-5-16(15)29)21(31)28-7-6-17(22(3,32)9-28)30-12-27-18-19(23)24-10-25-20(18)30/h4-5,8,10-13,17,32H,6-7,9H2,1-3H3,(H2,23,24,25)/t17-,22-/m0/s1. The molecule has 1 saturated heterocycles. The molecule has 1 amide bonds. The quantitative estimate of drug-likeness (QED) is 0.506. The number of amides is 1. The van der Waals surface area contributed by atoms with E-state index in [9.17, 15) is 9.90 Å². The van der Waals surface area contributed by atoms with Gasteiger partial charge in [0.05, 0.1) is 36.3 Å². The summed E-state index contributed by atoms with van der Waals surface area (Å²) in [6.07, 6.45) is 5.37. The minimum Gasteiger partial charge on any atom is -0.386 e. The van der Waals surface area contributed by atoms with Gasteiger partial charge in [-0.05, 0) is 45.4 Å². The lowest BCUT2D eigenvalue weighted by Crippen LogP contribution is -2.54. The number of nitrogens with zero attached hydrogens (tertiary/aromatic N) is 7. The van der Waals surface area contributed by atoms with Crippen LogP contribution in [0.1, 0.15) is 49.6 Å². The predicted molar refractivity (Wildman–Crippen MR) is 120 cm³/mol. The van der Waals surface area contributed by atoms with E-state index in [1.165, 1.54) is 6.33 Å². The number of nitrogens with two attached hydrogens (primary N) is 1. The highest BCUT2D eigenvalue weighted by Crippen LogP contribution is 2.34. The third-order valence-electron chi connectivity index (χ3n) is 6.29. The molecule has 166 valence electrons. The third kappa shape index (κ3) is 3.18. The molecule has 1 aliphatic heterocycles. The molecule has 2 atom stereocenters. The minimum atomic E-state index is -1.18. The Bertz CT molecular complexity index is 1320. The summed E-state index contributed by atoms with van der Waals surface area (Å²) in [5, 5.41) is 11.3. The van der Waals surface area contributed by atoms with E-state index in [-0.39, 0.29) is 24.5 Å². The van der Waals surface area contributed by atoms with Crippen LogP contribution < -0.4 is 5.73 Å². The highest BCUT2D eigenvalue weighted by atomic mass is 16.3. The molecule has 0 aliphatic carbocycles. The lowest BCUT2D eigenvalue weighted by atomic mass is 9.88. The zero-order valence-electron chi connectivity index (χ0n) is 18.3. The SMILES string of the molecule is CC(C)n1cnc2cc(C(=O)N3CC[C@H](n4cnc5c(N)ncnc54)[C@@](C)(O)C3)ccc21. The van der Waals surface area contributed by atoms with Crippen molar-refractivity contribution in [3.05, 3.63) is 42.7 Å². The minimum absolute atomic E-state index is 0.119. The van der Waals surface area contributed by atoms with Gasteiger partial charge < -0.3 is 24.9 Å². The van der Waals surface area contributed by atoms with Crippen LogP contribution >= 0.6 is 0 Å². The highest BCUT2D eigenvalue weighted by Gasteiger charge is 2.41. The first-order chi connectivity index (χ1) is 15.3. The second kappa shape index (κ2) is 7.27. The van der Waals surface area contributed by atoms with Crippen molar-refractivity contribution in [2.45, 2.75) is 44.9 Å². The van der Waals surface area contributed by atoms with Gasteiger partial charge in [0, 0.05) is 18.2 Å². The summed E-state index contributed by atoms with van der Waals surface area (Å²) in [5.41, 5.74) is 8.16. The number of aromatic nitrogens is 6. The molecule has 5 rings (SSSR count). The molecule has 0 spiro atoms. The summed E-state index contributed by atoms with van der Waals surface area (Å²) in [6, 6.07) is 5.57. The predicted octanol–water partition coefficient (Wildman–Crippen LogP) is 2.18. The normalized spacial score (nSPS) is 21.7. The smallest absolute Gasteiger partial charge is 0.254 e. The number of likely N-dealkylation sites (tertiary alicyclic amines) is 1. The summed E-state index contributed by atoms with van der Waals surface area (Å²) in [6.45, 7) is 6.61. The Kier molecular flexibility index (Phi) is 4.63. The van der Waals surface area contributed by atoms with Crippen molar-refractivity contribution in [1.82, 2.24) is 34.0 Å². The fraction of sp³-hybridized carbons (Fsp3) is 0.409. The molecule has 1 fully saturated rings. The first kappa shape index (κ1) is 20.4. The van der Waals surface area contributed by atoms with Crippen molar-refractivity contribution in [1.29, 1.82) is 0 Å². The second-order valence-corrected chi connectivity index (χ2v) is 8.92. The van der Waals surface area contributed by atoms with E-state index < -0.39 is 5.60 Å². The van der Waals surface area contributed by atoms with Gasteiger partial charge in [-0.15, -0.1) is 0 Å². The van der Waals surface area contributed by atoms with E-state index in [1.54, 1.807) is 24.5 Å². The summed E-state index contributed by atoms with van der Waals surface area (Å²) in [7, 11) is 0. The van der Waals surface area contributed by atoms with Gasteiger partial charge in [-0.3, -0.25) is 4.79 Å². The molecule has 10 heteroatoms. The molecule has 10 nitrogen and oxygen atoms in total. The lowest BCUT2D eigenvalue weighted by molar-refractivity contribution is -0.0479. The van der Waals surface area contributed by atoms with E-state index in [1.807, 2.05) is 22.8 Å². The van der Waals surface area contributed by atoms with Crippen molar-refractivity contribution >= 4 is 33.9 Å². The fourth-order valence-corrected chi connectivity index (χ4v) is 4.63. The molecular formula is C22H26N8O2. The van der Waals surface area contributed by atoms with Crippen LogP contribution in [0.25, 0.3) is 22.2 Å². The molecule has 4 heterocycles. The molecule has 1 aromatic carbocycles. The topological polar surface area (TPSA) is 128 Å². The first-order valence-corrected chi connectivity index (χ1v) is 10.7. The number of anilines is 1. The monoisotopic (exact) mass is 434 g/mol. The van der Waals surface area contributed by atoms with Crippen LogP contribution in [0.4, 0.5) is 5.82 Å². The maximum Gasteiger partial charge on any atom is 0.254 e. The van der Waals surface area contributed by atoms with Gasteiger partial charge in [-0.1, -0.05) is 0 Å². The van der Waals surface area contributed by atoms with E-state index >= 15 is 0 Å². The van der Waals surface area contributed by atoms with Gasteiger partial charge >= 0.3 is 0 Å². The van der Waals surface area contributed by atoms with Crippen molar-refractivity contribution < 1.29 is 9.90 Å². The van der Waals surface area contributed by atoms with E-state index in [0.717, 1.165) is 11.0 Å². The Balaban J connectivity index is 1.40. The number of piperidine rings is 1.